The number of benzene rings is 1. The van der Waals surface area contributed by atoms with Crippen molar-refractivity contribution in [3.63, 3.8) is 0 Å². The molecule has 1 rings (SSSR count). The number of carboxylic acid groups (broad SMARTS) is 1. The molecule has 0 saturated heterocycles. The molecule has 0 radical (unpaired) electrons. The molecule has 0 aliphatic heterocycles. The summed E-state index contributed by atoms with van der Waals surface area (Å²) >= 11 is 5.81. The molecule has 0 fully saturated rings. The molecular weight excluding hydrogens is 285 g/mol. The number of halogens is 2. The van der Waals surface area contributed by atoms with E-state index in [-0.39, 0.29) is 10.6 Å². The maximum Gasteiger partial charge on any atom is 0.311 e. The van der Waals surface area contributed by atoms with Gasteiger partial charge in [-0.25, -0.2) is 4.39 Å². The standard InChI is InChI=1S/C14H17ClFNO3/c1-13(2,12(19)20)14(3,4)17-11(18)9-6-5-8(16)7-10(9)15/h5-7H,1-4H3,(H,17,18)(H,19,20). The number of hydrogen-bond acceptors (Lipinski definition) is 2. The van der Waals surface area contributed by atoms with E-state index < -0.39 is 28.6 Å². The number of aliphatic carboxylic acids is 1. The number of carboxylic acids is 1. The number of carbonyl (C=O) groups excluding carboxylic acids is 1. The zero-order valence-corrected chi connectivity index (χ0v) is 12.5. The van der Waals surface area contributed by atoms with Gasteiger partial charge in [-0.1, -0.05) is 11.6 Å². The maximum atomic E-state index is 13.0. The summed E-state index contributed by atoms with van der Waals surface area (Å²) in [6, 6.07) is 3.42. The van der Waals surface area contributed by atoms with Gasteiger partial charge in [-0.15, -0.1) is 0 Å². The highest BCUT2D eigenvalue weighted by Gasteiger charge is 2.44. The summed E-state index contributed by atoms with van der Waals surface area (Å²) in [7, 11) is 0. The van der Waals surface area contributed by atoms with Crippen molar-refractivity contribution in [1.29, 1.82) is 0 Å². The van der Waals surface area contributed by atoms with E-state index >= 15 is 0 Å². The number of amides is 1. The lowest BCUT2D eigenvalue weighted by Gasteiger charge is -2.38. The highest BCUT2D eigenvalue weighted by molar-refractivity contribution is 6.33. The van der Waals surface area contributed by atoms with Crippen LogP contribution < -0.4 is 5.32 Å². The van der Waals surface area contributed by atoms with Crippen LogP contribution in [0, 0.1) is 11.2 Å². The fourth-order valence-electron chi connectivity index (χ4n) is 1.45. The third-order valence-corrected chi connectivity index (χ3v) is 4.01. The second-order valence-electron chi connectivity index (χ2n) is 5.63. The molecule has 0 bridgehead atoms. The summed E-state index contributed by atoms with van der Waals surface area (Å²) in [5.74, 6) is -2.13. The van der Waals surface area contributed by atoms with E-state index in [0.29, 0.717) is 0 Å². The average Bonchev–Trinajstić information content (AvgIpc) is 2.27. The van der Waals surface area contributed by atoms with Crippen LogP contribution >= 0.6 is 11.6 Å². The molecule has 0 atom stereocenters. The van der Waals surface area contributed by atoms with Crippen LogP contribution in [0.25, 0.3) is 0 Å². The van der Waals surface area contributed by atoms with Crippen molar-refractivity contribution < 1.29 is 19.1 Å². The second-order valence-corrected chi connectivity index (χ2v) is 6.04. The van der Waals surface area contributed by atoms with Crippen LogP contribution in [-0.4, -0.2) is 22.5 Å². The van der Waals surface area contributed by atoms with Gasteiger partial charge in [0.1, 0.15) is 5.82 Å². The Morgan fingerprint density at radius 3 is 2.25 bits per heavy atom. The number of rotatable bonds is 4. The molecule has 0 aliphatic carbocycles. The van der Waals surface area contributed by atoms with Crippen molar-refractivity contribution in [2.75, 3.05) is 0 Å². The zero-order valence-electron chi connectivity index (χ0n) is 11.8. The Labute approximate surface area is 121 Å². The molecule has 20 heavy (non-hydrogen) atoms. The normalized spacial score (nSPS) is 12.1. The van der Waals surface area contributed by atoms with Crippen LogP contribution in [0.5, 0.6) is 0 Å². The average molecular weight is 302 g/mol. The summed E-state index contributed by atoms with van der Waals surface area (Å²) in [6.07, 6.45) is 0. The van der Waals surface area contributed by atoms with E-state index in [1.165, 1.54) is 19.9 Å². The molecule has 2 N–H and O–H groups in total. The number of carbonyl (C=O) groups is 2. The highest BCUT2D eigenvalue weighted by atomic mass is 35.5. The van der Waals surface area contributed by atoms with Gasteiger partial charge < -0.3 is 10.4 Å². The van der Waals surface area contributed by atoms with Gasteiger partial charge in [0.15, 0.2) is 0 Å². The fraction of sp³-hybridized carbons (Fsp3) is 0.429. The Bertz CT molecular complexity index is 555. The maximum absolute atomic E-state index is 13.0. The quantitative estimate of drug-likeness (QED) is 0.898. The van der Waals surface area contributed by atoms with Gasteiger partial charge in [0, 0.05) is 0 Å². The largest absolute Gasteiger partial charge is 0.481 e. The minimum absolute atomic E-state index is 0.0218. The van der Waals surface area contributed by atoms with Gasteiger partial charge in [-0.2, -0.15) is 0 Å². The first kappa shape index (κ1) is 16.4. The first-order valence-electron chi connectivity index (χ1n) is 6.00. The Morgan fingerprint density at radius 2 is 1.80 bits per heavy atom. The lowest BCUT2D eigenvalue weighted by Crippen LogP contribution is -2.57. The van der Waals surface area contributed by atoms with Crippen molar-refractivity contribution in [2.24, 2.45) is 5.41 Å². The SMILES string of the molecule is CC(C)(NC(=O)c1ccc(F)cc1Cl)C(C)(C)C(=O)O. The molecule has 0 saturated carbocycles. The summed E-state index contributed by atoms with van der Waals surface area (Å²) in [5, 5.41) is 11.8. The predicted octanol–water partition coefficient (Wildman–Crippen LogP) is 3.10. The van der Waals surface area contributed by atoms with E-state index in [2.05, 4.69) is 5.32 Å². The number of nitrogens with one attached hydrogen (secondary N) is 1. The lowest BCUT2D eigenvalue weighted by atomic mass is 9.74. The van der Waals surface area contributed by atoms with Crippen LogP contribution in [0.2, 0.25) is 5.02 Å². The van der Waals surface area contributed by atoms with Crippen LogP contribution in [0.3, 0.4) is 0 Å². The van der Waals surface area contributed by atoms with Crippen LogP contribution in [0.1, 0.15) is 38.1 Å². The second kappa shape index (κ2) is 5.40. The van der Waals surface area contributed by atoms with Crippen molar-refractivity contribution in [2.45, 2.75) is 33.2 Å². The summed E-state index contributed by atoms with van der Waals surface area (Å²) in [5.41, 5.74) is -2.11. The molecule has 4 nitrogen and oxygen atoms in total. The summed E-state index contributed by atoms with van der Waals surface area (Å²) in [4.78, 5) is 23.4. The van der Waals surface area contributed by atoms with Gasteiger partial charge in [-0.3, -0.25) is 9.59 Å². The zero-order chi connectivity index (χ0) is 15.7. The molecule has 1 aromatic rings. The minimum Gasteiger partial charge on any atom is -0.481 e. The smallest absolute Gasteiger partial charge is 0.311 e. The highest BCUT2D eigenvalue weighted by Crippen LogP contribution is 2.31. The predicted molar refractivity (Wildman–Crippen MR) is 74.4 cm³/mol. The molecule has 0 spiro atoms. The van der Waals surface area contributed by atoms with Gasteiger partial charge in [0.05, 0.1) is 21.5 Å². The Kier molecular flexibility index (Phi) is 4.44. The van der Waals surface area contributed by atoms with Crippen LogP contribution in [-0.2, 0) is 4.79 Å². The van der Waals surface area contributed by atoms with Gasteiger partial charge >= 0.3 is 5.97 Å². The molecule has 1 aromatic carbocycles. The Morgan fingerprint density at radius 1 is 1.25 bits per heavy atom. The van der Waals surface area contributed by atoms with Crippen molar-refractivity contribution in [1.82, 2.24) is 5.32 Å². The van der Waals surface area contributed by atoms with Crippen LogP contribution in [0.15, 0.2) is 18.2 Å². The first-order chi connectivity index (χ1) is 8.99. The van der Waals surface area contributed by atoms with E-state index in [1.807, 2.05) is 0 Å². The molecule has 0 aliphatic rings. The summed E-state index contributed by atoms with van der Waals surface area (Å²) in [6.45, 7) is 6.25. The molecule has 1 amide bonds. The summed E-state index contributed by atoms with van der Waals surface area (Å²) < 4.78 is 13.0. The van der Waals surface area contributed by atoms with Crippen LogP contribution in [0.4, 0.5) is 4.39 Å². The Hall–Kier alpha value is -1.62. The third kappa shape index (κ3) is 3.10. The van der Waals surface area contributed by atoms with E-state index in [4.69, 9.17) is 11.6 Å². The topological polar surface area (TPSA) is 66.4 Å². The van der Waals surface area contributed by atoms with Gasteiger partial charge in [0.2, 0.25) is 0 Å². The molecular formula is C14H17ClFNO3. The monoisotopic (exact) mass is 301 g/mol. The van der Waals surface area contributed by atoms with E-state index in [1.54, 1.807) is 13.8 Å². The number of hydrogen-bond donors (Lipinski definition) is 2. The van der Waals surface area contributed by atoms with Gasteiger partial charge in [0.25, 0.3) is 5.91 Å². The minimum atomic E-state index is -1.19. The fourth-order valence-corrected chi connectivity index (χ4v) is 1.70. The van der Waals surface area contributed by atoms with Crippen molar-refractivity contribution in [3.05, 3.63) is 34.6 Å². The molecule has 0 heterocycles. The molecule has 110 valence electrons. The van der Waals surface area contributed by atoms with Gasteiger partial charge in [-0.05, 0) is 45.9 Å². The van der Waals surface area contributed by atoms with E-state index in [0.717, 1.165) is 12.1 Å². The Balaban J connectivity index is 3.03. The van der Waals surface area contributed by atoms with Crippen molar-refractivity contribution in [3.8, 4) is 0 Å². The molecule has 0 unspecified atom stereocenters. The molecule has 6 heteroatoms. The third-order valence-electron chi connectivity index (χ3n) is 3.70. The van der Waals surface area contributed by atoms with Crippen molar-refractivity contribution >= 4 is 23.5 Å². The molecule has 0 aromatic heterocycles. The lowest BCUT2D eigenvalue weighted by molar-refractivity contribution is -0.150. The van der Waals surface area contributed by atoms with E-state index in [9.17, 15) is 19.1 Å². The first-order valence-corrected chi connectivity index (χ1v) is 6.38.